The summed E-state index contributed by atoms with van der Waals surface area (Å²) in [5.74, 6) is -0.240. The molecule has 0 bridgehead atoms. The third kappa shape index (κ3) is 3.58. The van der Waals surface area contributed by atoms with Gasteiger partial charge in [-0.1, -0.05) is 69.0 Å². The lowest BCUT2D eigenvalue weighted by atomic mass is 9.91. The summed E-state index contributed by atoms with van der Waals surface area (Å²) in [6, 6.07) is 17.0. The molecule has 3 heteroatoms. The lowest BCUT2D eigenvalue weighted by Gasteiger charge is -2.21. The van der Waals surface area contributed by atoms with E-state index in [4.69, 9.17) is 5.73 Å². The number of carbonyl (C=O) groups excluding carboxylic acids is 1. The van der Waals surface area contributed by atoms with Crippen LogP contribution in [0.2, 0.25) is 0 Å². The van der Waals surface area contributed by atoms with Crippen molar-refractivity contribution in [3.05, 3.63) is 84.0 Å². The summed E-state index contributed by atoms with van der Waals surface area (Å²) in [7, 11) is 0. The van der Waals surface area contributed by atoms with E-state index in [0.29, 0.717) is 5.57 Å². The molecule has 3 rings (SSSR count). The number of amides is 1. The summed E-state index contributed by atoms with van der Waals surface area (Å²) in [6.45, 7) is 7.93. The van der Waals surface area contributed by atoms with Gasteiger partial charge in [0.1, 0.15) is 6.04 Å². The van der Waals surface area contributed by atoms with Gasteiger partial charge in [0.15, 0.2) is 0 Å². The zero-order valence-corrected chi connectivity index (χ0v) is 13.5. The highest BCUT2D eigenvalue weighted by Gasteiger charge is 2.22. The van der Waals surface area contributed by atoms with Crippen molar-refractivity contribution >= 4 is 17.2 Å². The van der Waals surface area contributed by atoms with E-state index in [1.54, 1.807) is 0 Å². The van der Waals surface area contributed by atoms with E-state index >= 15 is 0 Å². The number of fused-ring (bicyclic) bond motifs is 1. The van der Waals surface area contributed by atoms with Crippen LogP contribution in [0.25, 0.3) is 5.57 Å². The number of hydrogen-bond acceptors (Lipinski definition) is 2. The molecule has 0 saturated carbocycles. The second-order valence-corrected chi connectivity index (χ2v) is 5.01. The summed E-state index contributed by atoms with van der Waals surface area (Å²) in [5, 5.41) is 2.88. The molecule has 0 aliphatic carbocycles. The molecule has 1 aliphatic rings. The van der Waals surface area contributed by atoms with Crippen molar-refractivity contribution < 1.29 is 6.22 Å². The maximum absolute atomic E-state index is 12.1. The van der Waals surface area contributed by atoms with Gasteiger partial charge in [-0.2, -0.15) is 0 Å². The van der Waals surface area contributed by atoms with Crippen LogP contribution < -0.4 is 11.1 Å². The summed E-state index contributed by atoms with van der Waals surface area (Å²) in [6.07, 6.45) is 1.90. The molecular formula is C20H24N2O. The molecule has 1 heterocycles. The molecule has 1 atom stereocenters. The number of nitrogens with two attached hydrogens (primary N) is 1. The normalized spacial score (nSPS) is 19.1. The molecule has 3 nitrogen and oxygen atoms in total. The van der Waals surface area contributed by atoms with Gasteiger partial charge in [-0.25, -0.2) is 0 Å². The van der Waals surface area contributed by atoms with E-state index in [1.165, 1.54) is 0 Å². The Morgan fingerprint density at radius 3 is 2.35 bits per heavy atom. The fraction of sp³-hybridized carbons (Fsp3) is 0.150. The van der Waals surface area contributed by atoms with Gasteiger partial charge in [0.25, 0.3) is 0 Å². The minimum Gasteiger partial charge on any atom is -0.324 e. The number of nitrogens with one attached hydrogen (secondary N) is 1. The van der Waals surface area contributed by atoms with Crippen molar-refractivity contribution in [2.24, 2.45) is 5.73 Å². The van der Waals surface area contributed by atoms with Gasteiger partial charge in [-0.15, -0.1) is 0 Å². The van der Waals surface area contributed by atoms with Crippen LogP contribution in [-0.2, 0) is 4.79 Å². The van der Waals surface area contributed by atoms with Crippen LogP contribution in [0.15, 0.2) is 72.8 Å². The third-order valence-electron chi connectivity index (χ3n) is 3.57. The first kappa shape index (κ1) is 16.7. The summed E-state index contributed by atoms with van der Waals surface area (Å²) < 4.78 is 0. The highest BCUT2D eigenvalue weighted by atomic mass is 16.2. The number of anilines is 1. The minimum atomic E-state index is -0.739. The second kappa shape index (κ2) is 7.56. The third-order valence-corrected chi connectivity index (χ3v) is 3.57. The number of carbonyl (C=O) groups is 1. The Morgan fingerprint density at radius 1 is 1.04 bits per heavy atom. The fourth-order valence-corrected chi connectivity index (χ4v) is 2.42. The van der Waals surface area contributed by atoms with Crippen LogP contribution in [0.5, 0.6) is 0 Å². The lowest BCUT2D eigenvalue weighted by molar-refractivity contribution is -0.116. The molecule has 0 saturated heterocycles. The molecule has 1 aliphatic heterocycles. The fourth-order valence-electron chi connectivity index (χ4n) is 2.42. The van der Waals surface area contributed by atoms with Crippen molar-refractivity contribution in [2.45, 2.75) is 19.9 Å². The molecule has 2 aromatic rings. The van der Waals surface area contributed by atoms with Gasteiger partial charge in [0, 0.05) is 12.7 Å². The van der Waals surface area contributed by atoms with Crippen molar-refractivity contribution in [1.29, 1.82) is 0 Å². The first-order chi connectivity index (χ1) is 11.2. The van der Waals surface area contributed by atoms with Gasteiger partial charge in [-0.05, 0) is 28.9 Å². The molecule has 1 amide bonds. The molecule has 2 aromatic carbocycles. The number of para-hydroxylation sites is 1. The van der Waals surface area contributed by atoms with Crippen LogP contribution in [0, 0.1) is 0 Å². The van der Waals surface area contributed by atoms with E-state index in [1.807, 2.05) is 74.5 Å². The summed E-state index contributed by atoms with van der Waals surface area (Å²) >= 11 is 0. The minimum absolute atomic E-state index is 0. The zero-order valence-electron chi connectivity index (χ0n) is 13.5. The average molecular weight is 308 g/mol. The number of rotatable bonds is 1. The predicted octanol–water partition coefficient (Wildman–Crippen LogP) is 4.23. The largest absolute Gasteiger partial charge is 0.324 e. The molecule has 120 valence electrons. The molecule has 1 unspecified atom stereocenters. The van der Waals surface area contributed by atoms with Crippen LogP contribution >= 0.6 is 0 Å². The van der Waals surface area contributed by atoms with Crippen molar-refractivity contribution in [2.75, 3.05) is 5.32 Å². The topological polar surface area (TPSA) is 55.1 Å². The highest BCUT2D eigenvalue weighted by molar-refractivity contribution is 6.02. The highest BCUT2D eigenvalue weighted by Crippen LogP contribution is 2.32. The Kier molecular flexibility index (Phi) is 5.50. The average Bonchev–Trinajstić information content (AvgIpc) is 2.61. The Balaban J connectivity index is 0.000000925. The Bertz CT molecular complexity index is 738. The van der Waals surface area contributed by atoms with E-state index in [9.17, 15) is 4.79 Å². The molecule has 3 N–H and O–H groups in total. The first-order valence-electron chi connectivity index (χ1n) is 7.78. The van der Waals surface area contributed by atoms with Crippen molar-refractivity contribution in [1.82, 2.24) is 0 Å². The van der Waals surface area contributed by atoms with Gasteiger partial charge in [0.2, 0.25) is 5.91 Å². The Morgan fingerprint density at radius 2 is 1.65 bits per heavy atom. The van der Waals surface area contributed by atoms with E-state index < -0.39 is 6.04 Å². The smallest absolute Gasteiger partial charge is 0.245 e. The first-order valence-corrected chi connectivity index (χ1v) is 7.78. The van der Waals surface area contributed by atoms with Gasteiger partial charge >= 0.3 is 0 Å². The number of benzene rings is 2. The van der Waals surface area contributed by atoms with E-state index in [0.717, 1.165) is 22.4 Å². The van der Waals surface area contributed by atoms with Crippen LogP contribution in [0.3, 0.4) is 0 Å². The zero-order chi connectivity index (χ0) is 16.8. The molecule has 0 spiro atoms. The quantitative estimate of drug-likeness (QED) is 0.828. The molecular weight excluding hydrogens is 284 g/mol. The molecule has 0 radical (unpaired) electrons. The Labute approximate surface area is 139 Å². The molecule has 23 heavy (non-hydrogen) atoms. The van der Waals surface area contributed by atoms with E-state index in [2.05, 4.69) is 11.9 Å². The number of hydrogen-bond donors (Lipinski definition) is 2. The SMILES string of the molecule is C=C1/C=C(/c2ccccc2)c2ccccc2NC(=O)C1N.CC.[HH]. The van der Waals surface area contributed by atoms with Crippen LogP contribution in [0.4, 0.5) is 5.69 Å². The van der Waals surface area contributed by atoms with Gasteiger partial charge in [-0.3, -0.25) is 4.79 Å². The van der Waals surface area contributed by atoms with Gasteiger partial charge < -0.3 is 11.1 Å². The monoisotopic (exact) mass is 308 g/mol. The van der Waals surface area contributed by atoms with Crippen LogP contribution in [-0.4, -0.2) is 11.9 Å². The van der Waals surface area contributed by atoms with E-state index in [-0.39, 0.29) is 7.33 Å². The Hall–Kier alpha value is -2.65. The van der Waals surface area contributed by atoms with Gasteiger partial charge in [0.05, 0.1) is 0 Å². The molecule has 0 aromatic heterocycles. The standard InChI is InChI=1S/C18H16N2O.C2H6.H2/c1-12-11-15(13-7-3-2-4-8-13)14-9-5-6-10-16(14)20-18(21)17(12)19;1-2;/h2-11,17H,1,19H2,(H,20,21);1-2H3;1H/b15-11-;;. The lowest BCUT2D eigenvalue weighted by Crippen LogP contribution is -2.37. The van der Waals surface area contributed by atoms with Crippen molar-refractivity contribution in [3.63, 3.8) is 0 Å². The second-order valence-electron chi connectivity index (χ2n) is 5.01. The summed E-state index contributed by atoms with van der Waals surface area (Å²) in [4.78, 5) is 12.1. The maximum atomic E-state index is 12.1. The molecule has 0 fully saturated rings. The van der Waals surface area contributed by atoms with Crippen LogP contribution in [0.1, 0.15) is 26.4 Å². The van der Waals surface area contributed by atoms with Crippen molar-refractivity contribution in [3.8, 4) is 0 Å². The maximum Gasteiger partial charge on any atom is 0.245 e. The summed E-state index contributed by atoms with van der Waals surface area (Å²) in [5.41, 5.74) is 10.3. The predicted molar refractivity (Wildman–Crippen MR) is 99.2 cm³/mol.